The lowest BCUT2D eigenvalue weighted by atomic mass is 9.96. The first-order valence-corrected chi connectivity index (χ1v) is 9.64. The van der Waals surface area contributed by atoms with Crippen molar-refractivity contribution in [1.29, 1.82) is 0 Å². The second-order valence-corrected chi connectivity index (χ2v) is 7.35. The average molecular weight is 325 g/mol. The predicted molar refractivity (Wildman–Crippen MR) is 103 cm³/mol. The van der Waals surface area contributed by atoms with Crippen molar-refractivity contribution in [2.75, 3.05) is 0 Å². The van der Waals surface area contributed by atoms with Crippen molar-refractivity contribution >= 4 is 10.8 Å². The predicted octanol–water partition coefficient (Wildman–Crippen LogP) is 5.83. The minimum absolute atomic E-state index is 0.200. The summed E-state index contributed by atoms with van der Waals surface area (Å²) in [7, 11) is 0. The van der Waals surface area contributed by atoms with E-state index in [4.69, 9.17) is 4.74 Å². The molecular formula is C22H31NO. The van der Waals surface area contributed by atoms with Gasteiger partial charge in [0.05, 0.1) is 6.10 Å². The number of hydrogen-bond acceptors (Lipinski definition) is 2. The second-order valence-electron chi connectivity index (χ2n) is 7.35. The summed E-state index contributed by atoms with van der Waals surface area (Å²) in [6, 6.07) is 13.6. The molecule has 0 unspecified atom stereocenters. The van der Waals surface area contributed by atoms with E-state index in [1.165, 1.54) is 61.3 Å². The van der Waals surface area contributed by atoms with Crippen molar-refractivity contribution < 1.29 is 4.74 Å². The van der Waals surface area contributed by atoms with Gasteiger partial charge in [-0.05, 0) is 43.5 Å². The Bertz CT molecular complexity index is 641. The fraction of sp³-hybridized carbons (Fsp3) is 0.545. The smallest absolute Gasteiger partial charge is 0.124 e. The van der Waals surface area contributed by atoms with Gasteiger partial charge in [0.1, 0.15) is 5.75 Å². The summed E-state index contributed by atoms with van der Waals surface area (Å²) in [6.07, 6.45) is 9.76. The monoisotopic (exact) mass is 325 g/mol. The summed E-state index contributed by atoms with van der Waals surface area (Å²) in [4.78, 5) is 0. The molecule has 1 fully saturated rings. The maximum absolute atomic E-state index is 6.10. The van der Waals surface area contributed by atoms with Crippen LogP contribution in [0.25, 0.3) is 10.8 Å². The molecule has 2 nitrogen and oxygen atoms in total. The van der Waals surface area contributed by atoms with Crippen LogP contribution in [0, 0.1) is 0 Å². The molecule has 24 heavy (non-hydrogen) atoms. The van der Waals surface area contributed by atoms with Crippen molar-refractivity contribution in [3.63, 3.8) is 0 Å². The molecule has 1 aliphatic rings. The molecule has 1 N–H and O–H groups in total. The zero-order valence-corrected chi connectivity index (χ0v) is 15.2. The molecule has 0 saturated heterocycles. The van der Waals surface area contributed by atoms with Crippen LogP contribution in [0.3, 0.4) is 0 Å². The molecule has 0 amide bonds. The molecule has 2 aromatic rings. The normalized spacial score (nSPS) is 17.0. The van der Waals surface area contributed by atoms with Crippen molar-refractivity contribution in [2.24, 2.45) is 0 Å². The molecule has 0 heterocycles. The van der Waals surface area contributed by atoms with E-state index in [9.17, 15) is 0 Å². The van der Waals surface area contributed by atoms with Gasteiger partial charge in [0, 0.05) is 18.2 Å². The first-order valence-electron chi connectivity index (χ1n) is 9.64. The third-order valence-electron chi connectivity index (χ3n) is 5.03. The molecule has 2 aromatic carbocycles. The van der Waals surface area contributed by atoms with Gasteiger partial charge < -0.3 is 10.1 Å². The van der Waals surface area contributed by atoms with Crippen LogP contribution in [0.15, 0.2) is 36.4 Å². The Morgan fingerprint density at radius 3 is 2.42 bits per heavy atom. The van der Waals surface area contributed by atoms with Crippen molar-refractivity contribution in [1.82, 2.24) is 5.32 Å². The number of rotatable bonds is 5. The van der Waals surface area contributed by atoms with Gasteiger partial charge in [-0.2, -0.15) is 0 Å². The molecule has 0 aliphatic heterocycles. The maximum atomic E-state index is 6.10. The van der Waals surface area contributed by atoms with E-state index in [2.05, 4.69) is 55.6 Å². The van der Waals surface area contributed by atoms with Crippen LogP contribution < -0.4 is 10.1 Å². The first kappa shape index (κ1) is 17.3. The molecule has 1 saturated carbocycles. The summed E-state index contributed by atoms with van der Waals surface area (Å²) < 4.78 is 6.10. The minimum atomic E-state index is 0.200. The number of nitrogens with one attached hydrogen (secondary N) is 1. The summed E-state index contributed by atoms with van der Waals surface area (Å²) in [6.45, 7) is 5.09. The minimum Gasteiger partial charge on any atom is -0.491 e. The van der Waals surface area contributed by atoms with Gasteiger partial charge in [-0.25, -0.2) is 0 Å². The van der Waals surface area contributed by atoms with Crippen molar-refractivity contribution in [2.45, 2.75) is 77.5 Å². The number of benzene rings is 2. The maximum Gasteiger partial charge on any atom is 0.124 e. The van der Waals surface area contributed by atoms with Crippen LogP contribution >= 0.6 is 0 Å². The van der Waals surface area contributed by atoms with E-state index in [0.29, 0.717) is 6.04 Å². The number of hydrogen-bond donors (Lipinski definition) is 1. The molecule has 0 radical (unpaired) electrons. The molecule has 0 aromatic heterocycles. The van der Waals surface area contributed by atoms with Gasteiger partial charge in [0.25, 0.3) is 0 Å². The Labute approximate surface area is 146 Å². The third-order valence-corrected chi connectivity index (χ3v) is 5.03. The lowest BCUT2D eigenvalue weighted by molar-refractivity contribution is 0.239. The average Bonchev–Trinajstić information content (AvgIpc) is 2.54. The van der Waals surface area contributed by atoms with Gasteiger partial charge in [-0.3, -0.25) is 0 Å². The molecule has 3 rings (SSSR count). The van der Waals surface area contributed by atoms with Gasteiger partial charge in [-0.1, -0.05) is 62.4 Å². The zero-order valence-electron chi connectivity index (χ0n) is 15.2. The summed E-state index contributed by atoms with van der Waals surface area (Å²) in [5.41, 5.74) is 1.31. The van der Waals surface area contributed by atoms with E-state index in [1.807, 2.05) is 0 Å². The Morgan fingerprint density at radius 2 is 1.67 bits per heavy atom. The quantitative estimate of drug-likeness (QED) is 0.747. The number of fused-ring (bicyclic) bond motifs is 1. The Hall–Kier alpha value is -1.54. The molecule has 2 heteroatoms. The topological polar surface area (TPSA) is 21.3 Å². The van der Waals surface area contributed by atoms with Crippen molar-refractivity contribution in [3.8, 4) is 5.75 Å². The standard InChI is InChI=1S/C22H31NO/c1-17(2)24-22-15-14-18-10-8-9-13-20(18)21(22)16-23-19-11-6-4-3-5-7-12-19/h8-10,13-15,17,19,23H,3-7,11-12,16H2,1-2H3. The highest BCUT2D eigenvalue weighted by Gasteiger charge is 2.14. The van der Waals surface area contributed by atoms with Crippen LogP contribution in [0.5, 0.6) is 5.75 Å². The van der Waals surface area contributed by atoms with Crippen LogP contribution in [0.1, 0.15) is 64.4 Å². The van der Waals surface area contributed by atoms with E-state index in [1.54, 1.807) is 0 Å². The van der Waals surface area contributed by atoms with Gasteiger partial charge in [0.15, 0.2) is 0 Å². The molecule has 0 spiro atoms. The lowest BCUT2D eigenvalue weighted by Crippen LogP contribution is -2.29. The third kappa shape index (κ3) is 4.51. The van der Waals surface area contributed by atoms with Gasteiger partial charge in [0.2, 0.25) is 0 Å². The van der Waals surface area contributed by atoms with Gasteiger partial charge >= 0.3 is 0 Å². The highest BCUT2D eigenvalue weighted by molar-refractivity contribution is 5.87. The Morgan fingerprint density at radius 1 is 0.958 bits per heavy atom. The summed E-state index contributed by atoms with van der Waals surface area (Å²) >= 11 is 0. The fourth-order valence-electron chi connectivity index (χ4n) is 3.77. The zero-order chi connectivity index (χ0) is 16.8. The molecule has 0 bridgehead atoms. The first-order chi connectivity index (χ1) is 11.7. The van der Waals surface area contributed by atoms with Crippen LogP contribution in [0.2, 0.25) is 0 Å². The second kappa shape index (κ2) is 8.53. The lowest BCUT2D eigenvalue weighted by Gasteiger charge is -2.23. The largest absolute Gasteiger partial charge is 0.491 e. The Balaban J connectivity index is 1.80. The van der Waals surface area contributed by atoms with Crippen LogP contribution in [-0.2, 0) is 6.54 Å². The van der Waals surface area contributed by atoms with Crippen LogP contribution in [-0.4, -0.2) is 12.1 Å². The van der Waals surface area contributed by atoms with E-state index < -0.39 is 0 Å². The molecule has 0 atom stereocenters. The summed E-state index contributed by atoms with van der Waals surface area (Å²) in [5, 5.41) is 6.44. The van der Waals surface area contributed by atoms with E-state index in [0.717, 1.165) is 12.3 Å². The molecular weight excluding hydrogens is 294 g/mol. The highest BCUT2D eigenvalue weighted by atomic mass is 16.5. The number of ether oxygens (including phenoxy) is 1. The van der Waals surface area contributed by atoms with E-state index >= 15 is 0 Å². The fourth-order valence-corrected chi connectivity index (χ4v) is 3.77. The van der Waals surface area contributed by atoms with Crippen molar-refractivity contribution in [3.05, 3.63) is 42.0 Å². The SMILES string of the molecule is CC(C)Oc1ccc2ccccc2c1CNC1CCCCCCC1. The molecule has 1 aliphatic carbocycles. The van der Waals surface area contributed by atoms with Crippen LogP contribution in [0.4, 0.5) is 0 Å². The highest BCUT2D eigenvalue weighted by Crippen LogP contribution is 2.29. The Kier molecular flexibility index (Phi) is 6.14. The molecule has 130 valence electrons. The van der Waals surface area contributed by atoms with Gasteiger partial charge in [-0.15, -0.1) is 0 Å². The van der Waals surface area contributed by atoms with E-state index in [-0.39, 0.29) is 6.10 Å². The summed E-state index contributed by atoms with van der Waals surface area (Å²) in [5.74, 6) is 1.03.